The molecule has 0 aromatic carbocycles. The highest BCUT2D eigenvalue weighted by molar-refractivity contribution is 7.90. The maximum Gasteiger partial charge on any atom is 0.358 e. The van der Waals surface area contributed by atoms with Crippen LogP contribution < -0.4 is 5.73 Å². The predicted molar refractivity (Wildman–Crippen MR) is 67.0 cm³/mol. The van der Waals surface area contributed by atoms with E-state index >= 15 is 0 Å². The predicted octanol–water partition coefficient (Wildman–Crippen LogP) is -0.234. The Morgan fingerprint density at radius 3 is 2.56 bits per heavy atom. The zero-order valence-corrected chi connectivity index (χ0v) is 11.5. The Morgan fingerprint density at radius 2 is 2.11 bits per heavy atom. The molecule has 0 aliphatic rings. The number of aryl methyl sites for hydroxylation is 2. The molecule has 18 heavy (non-hydrogen) atoms. The summed E-state index contributed by atoms with van der Waals surface area (Å²) < 4.78 is 28.0. The molecule has 1 rings (SSSR count). The number of nitrogens with two attached hydrogens (primary N) is 1. The standard InChI is InChI=1S/C10H17N3O4S/c1-4-7-8(11)9(13(2)12-7)10(14)17-5-6-18(3,15)16/h4-6,11H2,1-3H3. The quantitative estimate of drug-likeness (QED) is 0.744. The lowest BCUT2D eigenvalue weighted by Gasteiger charge is -2.04. The van der Waals surface area contributed by atoms with Gasteiger partial charge in [-0.3, -0.25) is 4.68 Å². The van der Waals surface area contributed by atoms with Crippen molar-refractivity contribution in [3.8, 4) is 0 Å². The van der Waals surface area contributed by atoms with Gasteiger partial charge in [0, 0.05) is 13.3 Å². The number of carbonyl (C=O) groups is 1. The van der Waals surface area contributed by atoms with Crippen molar-refractivity contribution in [3.05, 3.63) is 11.4 Å². The number of carbonyl (C=O) groups excluding carboxylic acids is 1. The topological polar surface area (TPSA) is 104 Å². The molecular weight excluding hydrogens is 258 g/mol. The molecule has 0 spiro atoms. The van der Waals surface area contributed by atoms with Crippen molar-refractivity contribution in [3.63, 3.8) is 0 Å². The number of anilines is 1. The van der Waals surface area contributed by atoms with Crippen molar-refractivity contribution < 1.29 is 17.9 Å². The van der Waals surface area contributed by atoms with Gasteiger partial charge in [0.25, 0.3) is 0 Å². The van der Waals surface area contributed by atoms with E-state index in [0.29, 0.717) is 12.1 Å². The van der Waals surface area contributed by atoms with Crippen molar-refractivity contribution >= 4 is 21.5 Å². The summed E-state index contributed by atoms with van der Waals surface area (Å²) in [4.78, 5) is 11.7. The Hall–Kier alpha value is -1.57. The van der Waals surface area contributed by atoms with Gasteiger partial charge in [0.1, 0.15) is 6.61 Å². The molecule has 1 aromatic heterocycles. The van der Waals surface area contributed by atoms with Crippen molar-refractivity contribution in [1.82, 2.24) is 9.78 Å². The van der Waals surface area contributed by atoms with E-state index in [1.807, 2.05) is 6.92 Å². The van der Waals surface area contributed by atoms with Gasteiger partial charge in [-0.2, -0.15) is 5.10 Å². The fourth-order valence-electron chi connectivity index (χ4n) is 1.45. The van der Waals surface area contributed by atoms with Crippen LogP contribution in [0, 0.1) is 0 Å². The number of rotatable bonds is 5. The van der Waals surface area contributed by atoms with Gasteiger partial charge in [0.05, 0.1) is 17.1 Å². The van der Waals surface area contributed by atoms with Gasteiger partial charge in [-0.1, -0.05) is 6.92 Å². The van der Waals surface area contributed by atoms with Gasteiger partial charge >= 0.3 is 5.97 Å². The smallest absolute Gasteiger partial charge is 0.358 e. The van der Waals surface area contributed by atoms with Gasteiger partial charge in [-0.15, -0.1) is 0 Å². The number of hydrogen-bond acceptors (Lipinski definition) is 6. The van der Waals surface area contributed by atoms with E-state index in [2.05, 4.69) is 5.10 Å². The minimum Gasteiger partial charge on any atom is -0.460 e. The molecule has 1 aromatic rings. The fourth-order valence-corrected chi connectivity index (χ4v) is 1.84. The van der Waals surface area contributed by atoms with Crippen LogP contribution in [0.3, 0.4) is 0 Å². The van der Waals surface area contributed by atoms with E-state index in [-0.39, 0.29) is 23.7 Å². The van der Waals surface area contributed by atoms with Crippen LogP contribution in [-0.4, -0.2) is 42.8 Å². The normalized spacial score (nSPS) is 11.5. The lowest BCUT2D eigenvalue weighted by Crippen LogP contribution is -2.17. The second kappa shape index (κ2) is 5.38. The monoisotopic (exact) mass is 275 g/mol. The molecule has 102 valence electrons. The van der Waals surface area contributed by atoms with Crippen LogP contribution in [0.5, 0.6) is 0 Å². The Balaban J connectivity index is 2.76. The number of sulfone groups is 1. The maximum atomic E-state index is 11.7. The van der Waals surface area contributed by atoms with E-state index in [1.54, 1.807) is 7.05 Å². The molecule has 0 aliphatic heterocycles. The molecule has 1 heterocycles. The summed E-state index contributed by atoms with van der Waals surface area (Å²) in [5.41, 5.74) is 6.82. The zero-order chi connectivity index (χ0) is 13.9. The molecule has 2 N–H and O–H groups in total. The van der Waals surface area contributed by atoms with E-state index in [4.69, 9.17) is 10.5 Å². The highest BCUT2D eigenvalue weighted by Gasteiger charge is 2.20. The van der Waals surface area contributed by atoms with Crippen LogP contribution in [0.25, 0.3) is 0 Å². The van der Waals surface area contributed by atoms with Crippen LogP contribution >= 0.6 is 0 Å². The van der Waals surface area contributed by atoms with E-state index in [9.17, 15) is 13.2 Å². The summed E-state index contributed by atoms with van der Waals surface area (Å²) >= 11 is 0. The summed E-state index contributed by atoms with van der Waals surface area (Å²) in [5.74, 6) is -0.872. The molecule has 0 unspecified atom stereocenters. The first-order chi connectivity index (χ1) is 8.26. The van der Waals surface area contributed by atoms with Gasteiger partial charge in [0.15, 0.2) is 15.5 Å². The molecule has 7 nitrogen and oxygen atoms in total. The minimum atomic E-state index is -3.15. The third kappa shape index (κ3) is 3.46. The van der Waals surface area contributed by atoms with Crippen LogP contribution in [0.1, 0.15) is 23.1 Å². The first-order valence-electron chi connectivity index (χ1n) is 5.42. The Labute approximate surface area is 106 Å². The fraction of sp³-hybridized carbons (Fsp3) is 0.600. The third-order valence-electron chi connectivity index (χ3n) is 2.38. The van der Waals surface area contributed by atoms with Crippen molar-refractivity contribution in [2.75, 3.05) is 24.3 Å². The second-order valence-corrected chi connectivity index (χ2v) is 6.21. The van der Waals surface area contributed by atoms with Crippen molar-refractivity contribution in [2.24, 2.45) is 7.05 Å². The third-order valence-corrected chi connectivity index (χ3v) is 3.28. The van der Waals surface area contributed by atoms with Gasteiger partial charge in [0.2, 0.25) is 0 Å². The Morgan fingerprint density at radius 1 is 1.50 bits per heavy atom. The summed E-state index contributed by atoms with van der Waals surface area (Å²) in [5, 5.41) is 4.08. The van der Waals surface area contributed by atoms with Crippen molar-refractivity contribution in [2.45, 2.75) is 13.3 Å². The zero-order valence-electron chi connectivity index (χ0n) is 10.6. The number of esters is 1. The SMILES string of the molecule is CCc1nn(C)c(C(=O)OCCS(C)(=O)=O)c1N. The number of hydrogen-bond donors (Lipinski definition) is 1. The summed E-state index contributed by atoms with van der Waals surface area (Å²) in [6.45, 7) is 1.68. The Kier molecular flexibility index (Phi) is 4.33. The largest absolute Gasteiger partial charge is 0.460 e. The minimum absolute atomic E-state index is 0.153. The molecular formula is C10H17N3O4S. The van der Waals surface area contributed by atoms with Crippen molar-refractivity contribution in [1.29, 1.82) is 0 Å². The molecule has 0 bridgehead atoms. The Bertz CT molecular complexity index is 548. The molecule has 0 amide bonds. The molecule has 0 atom stereocenters. The van der Waals surface area contributed by atoms with Crippen LogP contribution in [0.15, 0.2) is 0 Å². The molecule has 0 aliphatic carbocycles. The van der Waals surface area contributed by atoms with Gasteiger partial charge in [-0.25, -0.2) is 13.2 Å². The van der Waals surface area contributed by atoms with Crippen LogP contribution in [-0.2, 0) is 28.0 Å². The molecule has 8 heteroatoms. The van der Waals surface area contributed by atoms with Gasteiger partial charge < -0.3 is 10.5 Å². The van der Waals surface area contributed by atoms with Crippen LogP contribution in [0.4, 0.5) is 5.69 Å². The summed E-state index contributed by atoms with van der Waals surface area (Å²) in [6, 6.07) is 0. The summed E-state index contributed by atoms with van der Waals surface area (Å²) in [7, 11) is -1.57. The average Bonchev–Trinajstić information content (AvgIpc) is 2.51. The second-order valence-electron chi connectivity index (χ2n) is 3.95. The van der Waals surface area contributed by atoms with Gasteiger partial charge in [-0.05, 0) is 6.42 Å². The number of ether oxygens (including phenoxy) is 1. The summed E-state index contributed by atoms with van der Waals surface area (Å²) in [6.07, 6.45) is 1.69. The van der Waals surface area contributed by atoms with E-state index < -0.39 is 15.8 Å². The molecule has 0 saturated carbocycles. The highest BCUT2D eigenvalue weighted by atomic mass is 32.2. The first kappa shape index (κ1) is 14.5. The lowest BCUT2D eigenvalue weighted by molar-refractivity contribution is 0.0518. The van der Waals surface area contributed by atoms with E-state index in [1.165, 1.54) is 4.68 Å². The number of aromatic nitrogens is 2. The number of nitrogen functional groups attached to an aromatic ring is 1. The highest BCUT2D eigenvalue weighted by Crippen LogP contribution is 2.17. The number of nitrogens with zero attached hydrogens (tertiary/aromatic N) is 2. The molecule has 0 fully saturated rings. The molecule has 0 radical (unpaired) electrons. The lowest BCUT2D eigenvalue weighted by atomic mass is 10.2. The average molecular weight is 275 g/mol. The van der Waals surface area contributed by atoms with Crippen LogP contribution in [0.2, 0.25) is 0 Å². The molecule has 0 saturated heterocycles. The maximum absolute atomic E-state index is 11.7. The van der Waals surface area contributed by atoms with E-state index in [0.717, 1.165) is 6.26 Å². The first-order valence-corrected chi connectivity index (χ1v) is 7.48.